The number of carboxylic acid groups (broad SMARTS) is 2. The van der Waals surface area contributed by atoms with Crippen molar-refractivity contribution in [3.05, 3.63) is 23.3 Å². The van der Waals surface area contributed by atoms with Crippen LogP contribution in [0.15, 0.2) is 12.1 Å². The number of Topliss-reactive ketones (excluding diaryl/α,β-unsaturated/α-hetero) is 1. The molecule has 0 spiro atoms. The number of phenols is 1. The zero-order chi connectivity index (χ0) is 26.4. The fraction of sp³-hybridized carbons (Fsp3) is 0.625. The standard InChI is InChI=1S/C21H30O6S3.C3H6O2/c1-3-4-17-18(6-5-16(13(2)22)21(17)26)27-9-14(23)10-28-11-15-12-29-20(30-15)8-7-19(24)25;1-2-3(4)5/h5-6,14-15,20,23,26H,3-4,7-12H2,1-2H3,(H,24,25);2H2,1H3,(H,4,5). The Morgan fingerprint density at radius 2 is 1.89 bits per heavy atom. The molecule has 1 aliphatic heterocycles. The highest BCUT2D eigenvalue weighted by atomic mass is 32.2. The number of phenolic OH excluding ortho intramolecular Hbond substituents is 1. The molecule has 0 saturated carbocycles. The summed E-state index contributed by atoms with van der Waals surface area (Å²) in [6.45, 7) is 5.13. The van der Waals surface area contributed by atoms with E-state index >= 15 is 0 Å². The number of aromatic hydroxyl groups is 1. The van der Waals surface area contributed by atoms with Crippen LogP contribution < -0.4 is 4.74 Å². The molecule has 0 aromatic heterocycles. The second-order valence-electron chi connectivity index (χ2n) is 7.95. The van der Waals surface area contributed by atoms with Crippen molar-refractivity contribution in [2.45, 2.75) is 68.8 Å². The maximum absolute atomic E-state index is 11.6. The lowest BCUT2D eigenvalue weighted by Crippen LogP contribution is -2.21. The molecule has 198 valence electrons. The van der Waals surface area contributed by atoms with Gasteiger partial charge in [0, 0.05) is 40.9 Å². The van der Waals surface area contributed by atoms with Crippen molar-refractivity contribution < 1.29 is 39.5 Å². The lowest BCUT2D eigenvalue weighted by molar-refractivity contribution is -0.137. The van der Waals surface area contributed by atoms with Gasteiger partial charge in [0.2, 0.25) is 0 Å². The van der Waals surface area contributed by atoms with Gasteiger partial charge >= 0.3 is 11.9 Å². The van der Waals surface area contributed by atoms with Gasteiger partial charge in [0.15, 0.2) is 5.78 Å². The monoisotopic (exact) mass is 548 g/mol. The summed E-state index contributed by atoms with van der Waals surface area (Å²) in [6.07, 6.45) is 1.88. The van der Waals surface area contributed by atoms with Gasteiger partial charge in [-0.1, -0.05) is 20.3 Å². The lowest BCUT2D eigenvalue weighted by atomic mass is 10.0. The van der Waals surface area contributed by atoms with Gasteiger partial charge in [-0.15, -0.1) is 23.5 Å². The number of thioether (sulfide) groups is 3. The van der Waals surface area contributed by atoms with E-state index in [0.717, 1.165) is 17.9 Å². The second-order valence-corrected chi connectivity index (χ2v) is 12.1. The Morgan fingerprint density at radius 3 is 2.46 bits per heavy atom. The van der Waals surface area contributed by atoms with E-state index in [1.807, 2.05) is 30.4 Å². The molecule has 4 N–H and O–H groups in total. The first-order chi connectivity index (χ1) is 16.6. The molecule has 8 nitrogen and oxygen atoms in total. The van der Waals surface area contributed by atoms with Gasteiger partial charge in [-0.05, 0) is 31.9 Å². The van der Waals surface area contributed by atoms with Gasteiger partial charge in [-0.3, -0.25) is 14.4 Å². The molecule has 35 heavy (non-hydrogen) atoms. The Labute approximate surface area is 219 Å². The summed E-state index contributed by atoms with van der Waals surface area (Å²) in [6, 6.07) is 3.24. The van der Waals surface area contributed by atoms with Crippen molar-refractivity contribution in [3.63, 3.8) is 0 Å². The van der Waals surface area contributed by atoms with Crippen molar-refractivity contribution in [1.82, 2.24) is 0 Å². The first kappa shape index (κ1) is 31.5. The van der Waals surface area contributed by atoms with E-state index in [9.17, 15) is 24.6 Å². The highest BCUT2D eigenvalue weighted by Crippen LogP contribution is 2.41. The molecule has 1 aromatic rings. The molecule has 0 aliphatic carbocycles. The quantitative estimate of drug-likeness (QED) is 0.243. The van der Waals surface area contributed by atoms with Gasteiger partial charge in [-0.25, -0.2) is 0 Å². The van der Waals surface area contributed by atoms with Gasteiger partial charge in [0.05, 0.1) is 16.2 Å². The maximum Gasteiger partial charge on any atom is 0.303 e. The topological polar surface area (TPSA) is 141 Å². The molecule has 0 amide bonds. The minimum absolute atomic E-state index is 0.0288. The minimum Gasteiger partial charge on any atom is -0.507 e. The summed E-state index contributed by atoms with van der Waals surface area (Å²) in [4.78, 5) is 31.7. The number of ketones is 1. The highest BCUT2D eigenvalue weighted by Gasteiger charge is 2.26. The van der Waals surface area contributed by atoms with Crippen molar-refractivity contribution in [2.75, 3.05) is 23.9 Å². The molecule has 3 atom stereocenters. The Balaban J connectivity index is 0.00000111. The molecule has 1 aliphatic rings. The van der Waals surface area contributed by atoms with E-state index in [0.29, 0.717) is 39.7 Å². The number of rotatable bonds is 14. The fourth-order valence-electron chi connectivity index (χ4n) is 3.09. The lowest BCUT2D eigenvalue weighted by Gasteiger charge is -2.17. The molecule has 0 bridgehead atoms. The van der Waals surface area contributed by atoms with E-state index in [1.165, 1.54) is 6.92 Å². The van der Waals surface area contributed by atoms with Crippen molar-refractivity contribution in [2.24, 2.45) is 0 Å². The molecule has 11 heteroatoms. The molecule has 1 fully saturated rings. The molecule has 0 radical (unpaired) electrons. The summed E-state index contributed by atoms with van der Waals surface area (Å²) in [5.74, 6) is 1.26. The van der Waals surface area contributed by atoms with Crippen LogP contribution in [0.1, 0.15) is 62.4 Å². The molecule has 1 heterocycles. The number of hydrogen-bond donors (Lipinski definition) is 4. The average Bonchev–Trinajstić information content (AvgIpc) is 3.26. The number of ether oxygens (including phenoxy) is 1. The number of aliphatic hydroxyl groups is 1. The third kappa shape index (κ3) is 12.3. The number of carbonyl (C=O) groups excluding carboxylic acids is 1. The van der Waals surface area contributed by atoms with E-state index in [-0.39, 0.29) is 36.5 Å². The molecular weight excluding hydrogens is 512 g/mol. The fourth-order valence-corrected chi connectivity index (χ4v) is 7.81. The summed E-state index contributed by atoms with van der Waals surface area (Å²) in [5.41, 5.74) is 0.896. The van der Waals surface area contributed by atoms with Crippen molar-refractivity contribution >= 4 is 53.0 Å². The van der Waals surface area contributed by atoms with Crippen molar-refractivity contribution in [1.29, 1.82) is 0 Å². The summed E-state index contributed by atoms with van der Waals surface area (Å²) >= 11 is 5.33. The van der Waals surface area contributed by atoms with E-state index < -0.39 is 18.0 Å². The Morgan fingerprint density at radius 1 is 1.20 bits per heavy atom. The smallest absolute Gasteiger partial charge is 0.303 e. The number of carbonyl (C=O) groups is 3. The second kappa shape index (κ2) is 17.0. The first-order valence-corrected chi connectivity index (χ1v) is 14.7. The highest BCUT2D eigenvalue weighted by molar-refractivity contribution is 8.20. The number of benzene rings is 1. The van der Waals surface area contributed by atoms with Gasteiger partial charge < -0.3 is 25.2 Å². The van der Waals surface area contributed by atoms with Gasteiger partial charge in [0.25, 0.3) is 0 Å². The zero-order valence-corrected chi connectivity index (χ0v) is 22.8. The van der Waals surface area contributed by atoms with Crippen LogP contribution in [-0.2, 0) is 16.0 Å². The third-order valence-corrected chi connectivity index (χ3v) is 9.75. The molecular formula is C24H36O8S3. The van der Waals surface area contributed by atoms with Gasteiger partial charge in [0.1, 0.15) is 18.1 Å². The Kier molecular flexibility index (Phi) is 15.3. The molecule has 1 saturated heterocycles. The number of carboxylic acids is 2. The van der Waals surface area contributed by atoms with E-state index in [4.69, 9.17) is 14.9 Å². The van der Waals surface area contributed by atoms with Crippen LogP contribution in [0.5, 0.6) is 11.5 Å². The SMILES string of the molecule is CCC(=O)O.CCCc1c(OCC(O)CSCC2CSC(CCC(=O)O)S2)ccc(C(C)=O)c1O. The Bertz CT molecular complexity index is 833. The molecule has 2 rings (SSSR count). The van der Waals surface area contributed by atoms with Crippen LogP contribution in [0.3, 0.4) is 0 Å². The number of hydrogen-bond acceptors (Lipinski definition) is 9. The molecule has 1 aromatic carbocycles. The van der Waals surface area contributed by atoms with Crippen LogP contribution in [0.2, 0.25) is 0 Å². The van der Waals surface area contributed by atoms with Crippen LogP contribution >= 0.6 is 35.3 Å². The maximum atomic E-state index is 11.6. The average molecular weight is 549 g/mol. The largest absolute Gasteiger partial charge is 0.507 e. The van der Waals surface area contributed by atoms with Crippen LogP contribution in [0.25, 0.3) is 0 Å². The van der Waals surface area contributed by atoms with Crippen LogP contribution in [0.4, 0.5) is 0 Å². The number of aliphatic carboxylic acids is 2. The zero-order valence-electron chi connectivity index (χ0n) is 20.4. The predicted octanol–water partition coefficient (Wildman–Crippen LogP) is 4.54. The van der Waals surface area contributed by atoms with Crippen LogP contribution in [-0.4, -0.2) is 77.9 Å². The minimum atomic E-state index is -0.747. The van der Waals surface area contributed by atoms with E-state index in [1.54, 1.807) is 30.8 Å². The summed E-state index contributed by atoms with van der Waals surface area (Å²) < 4.78 is 6.11. The van der Waals surface area contributed by atoms with Crippen molar-refractivity contribution in [3.8, 4) is 11.5 Å². The summed E-state index contributed by atoms with van der Waals surface area (Å²) in [5, 5.41) is 37.6. The van der Waals surface area contributed by atoms with E-state index in [2.05, 4.69) is 0 Å². The molecule has 3 unspecified atom stereocenters. The predicted molar refractivity (Wildman–Crippen MR) is 143 cm³/mol. The Hall–Kier alpha value is -1.56. The normalized spacial score (nSPS) is 17.8. The number of aliphatic hydroxyl groups excluding tert-OH is 1. The first-order valence-electron chi connectivity index (χ1n) is 11.5. The summed E-state index contributed by atoms with van der Waals surface area (Å²) in [7, 11) is 0. The van der Waals surface area contributed by atoms with Gasteiger partial charge in [-0.2, -0.15) is 11.8 Å². The van der Waals surface area contributed by atoms with Crippen LogP contribution in [0, 0.1) is 0 Å². The third-order valence-electron chi connectivity index (χ3n) is 4.87.